The minimum Gasteiger partial charge on any atom is -0.478 e. The molecule has 105 heavy (non-hydrogen) atoms. The Morgan fingerprint density at radius 3 is 1.52 bits per heavy atom. The average molecular weight is 1560 g/mol. The van der Waals surface area contributed by atoms with Crippen molar-refractivity contribution in [3.8, 4) is 0 Å². The first-order chi connectivity index (χ1) is 49.7. The minimum atomic E-state index is -2.17. The molecule has 0 aliphatic carbocycles. The van der Waals surface area contributed by atoms with Crippen molar-refractivity contribution < 1.29 is 111 Å². The highest BCUT2D eigenvalue weighted by Gasteiger charge is 2.55. The molecule has 0 unspecified atom stereocenters. The molecule has 5 aliphatic heterocycles. The number of anilines is 3. The predicted octanol–water partition coefficient (Wildman–Crippen LogP) is -0.174. The van der Waals surface area contributed by atoms with E-state index in [1.165, 1.54) is 22.5 Å². The lowest BCUT2D eigenvalue weighted by Crippen LogP contribution is -2.71. The molecule has 0 bridgehead atoms. The summed E-state index contributed by atoms with van der Waals surface area (Å²) >= 11 is 5.38. The number of nitrogen functional groups attached to an aromatic ring is 1. The number of nitrogens with zero attached hydrogens (tertiary/aromatic N) is 9. The van der Waals surface area contributed by atoms with E-state index in [0.717, 1.165) is 86.7 Å². The number of aliphatic carboxylic acids is 5. The van der Waals surface area contributed by atoms with Crippen LogP contribution in [0.2, 0.25) is 0 Å². The summed E-state index contributed by atoms with van der Waals surface area (Å²) < 4.78 is 8.65. The fourth-order valence-electron chi connectivity index (χ4n) is 9.70. The second kappa shape index (κ2) is 31.9. The zero-order chi connectivity index (χ0) is 76.0. The van der Waals surface area contributed by atoms with Gasteiger partial charge in [0.15, 0.2) is 70.4 Å². The van der Waals surface area contributed by atoms with Gasteiger partial charge in [0.05, 0.1) is 0 Å². The maximum Gasteiger partial charge on any atom is 0.354 e. The Kier molecular flexibility index (Phi) is 23.2. The highest BCUT2D eigenvalue weighted by atomic mass is 32.2. The van der Waals surface area contributed by atoms with E-state index in [-0.39, 0.29) is 80.8 Å². The van der Waals surface area contributed by atoms with E-state index in [2.05, 4.69) is 67.6 Å². The Bertz CT molecular complexity index is 4570. The number of oxime groups is 3. The Labute approximate surface area is 617 Å². The Hall–Kier alpha value is -11.1. The molecule has 0 saturated carbocycles. The molecule has 38 nitrogen and oxygen atoms in total. The van der Waals surface area contributed by atoms with Crippen molar-refractivity contribution in [3.63, 3.8) is 0 Å². The molecule has 10 rings (SSSR count). The quantitative estimate of drug-likeness (QED) is 0.00933. The summed E-state index contributed by atoms with van der Waals surface area (Å²) in [5, 5.41) is 80.0. The smallest absolute Gasteiger partial charge is 0.354 e. The van der Waals surface area contributed by atoms with Gasteiger partial charge >= 0.3 is 35.8 Å². The average Bonchev–Trinajstić information content (AvgIpc) is 1.08. The molecule has 0 aromatic carbocycles. The van der Waals surface area contributed by atoms with Crippen LogP contribution in [0.5, 0.6) is 0 Å². The number of rotatable bonds is 30. The molecule has 5 aromatic rings. The predicted molar refractivity (Wildman–Crippen MR) is 374 cm³/mol. The monoisotopic (exact) mass is 1560 g/mol. The molecule has 1 fully saturated rings. The van der Waals surface area contributed by atoms with Gasteiger partial charge in [-0.3, -0.25) is 33.7 Å². The molecular formula is C61H63N17O21S6+2. The number of nitrogens with two attached hydrogens (primary N) is 1. The van der Waals surface area contributed by atoms with Crippen LogP contribution in [0, 0.1) is 0 Å². The van der Waals surface area contributed by atoms with Gasteiger partial charge in [0.25, 0.3) is 35.4 Å². The highest BCUT2D eigenvalue weighted by molar-refractivity contribution is 8.00. The number of fused-ring (bicyclic) bond motifs is 1. The van der Waals surface area contributed by atoms with E-state index >= 15 is 4.79 Å². The third kappa shape index (κ3) is 17.8. The third-order valence-electron chi connectivity index (χ3n) is 15.5. The van der Waals surface area contributed by atoms with Crippen molar-refractivity contribution in [3.05, 3.63) is 128 Å². The summed E-state index contributed by atoms with van der Waals surface area (Å²) in [5.74, 6) is -14.6. The second-order valence-electron chi connectivity index (χ2n) is 24.4. The minimum absolute atomic E-state index is 0.0249. The summed E-state index contributed by atoms with van der Waals surface area (Å²) in [6.45, 7) is 6.79. The number of amides is 6. The number of β-lactam (4-membered cyclic amide) rings is 1. The van der Waals surface area contributed by atoms with Crippen molar-refractivity contribution in [2.45, 2.75) is 106 Å². The van der Waals surface area contributed by atoms with Gasteiger partial charge in [-0.2, -0.15) is 0 Å². The van der Waals surface area contributed by atoms with Crippen LogP contribution in [0.4, 0.5) is 15.4 Å². The number of ether oxygens (including phenoxy) is 1. The van der Waals surface area contributed by atoms with Gasteiger partial charge in [-0.05, 0) is 41.5 Å². The molecule has 14 N–H and O–H groups in total. The van der Waals surface area contributed by atoms with Gasteiger partial charge in [-0.1, -0.05) is 27.6 Å². The number of cyclic esters (lactones) is 1. The number of hydrogen-bond donors (Lipinski definition) is 13. The first-order valence-corrected chi connectivity index (χ1v) is 36.5. The maximum absolute atomic E-state index is 15.0. The van der Waals surface area contributed by atoms with Crippen molar-refractivity contribution in [2.75, 3.05) is 40.2 Å². The number of nitrogens with one attached hydrogen (secondary N) is 7. The van der Waals surface area contributed by atoms with E-state index in [9.17, 15) is 78.3 Å². The van der Waals surface area contributed by atoms with E-state index in [4.69, 9.17) is 25.0 Å². The van der Waals surface area contributed by atoms with Crippen LogP contribution in [0.1, 0.15) is 58.6 Å². The topological polar surface area (TPSA) is 540 Å². The standard InChI is InChI=1S/C61H61N17O21S6/c1-59(2,53(90)91)97-73-34(29-23-103-56(62)63-29)41(79)66-37(46-69-32(50(85)86)26(20-100-46)17-76-13-9-7-10-14-76)44(82)71-57-64-30(24-104-57)35(74-98-60(3,4)54(92)93)42(80)67-38(47-70-33-28(22-101-47)19-96-52(33)89)45(83)72-58-65-31(25-105-58)36(75-99-61(5,6)55(94)95)43(81)68-39-48(84)78-40(51(87)88)27(21-102-49(39)78)18-77-15-11-8-12-16-77/h7-16,23-25,37-39,46-47,49,69-70H,17-22H2,1-6H3,(H10-2,62,63,64,65,66,67,68,71,72,79,80,81,82,83,85,86,87,88,90,91,92,93,94,95)/p+2/b73-34-,74-35-,75-36-/t37-,38-,39-,46-,47-,49-/m1/s1. The van der Waals surface area contributed by atoms with E-state index in [1.54, 1.807) is 70.3 Å². The Morgan fingerprint density at radius 1 is 0.610 bits per heavy atom. The van der Waals surface area contributed by atoms with Crippen LogP contribution in [0.25, 0.3) is 0 Å². The number of carboxylic acids is 5. The van der Waals surface area contributed by atoms with Gasteiger partial charge < -0.3 is 87.7 Å². The maximum atomic E-state index is 15.0. The zero-order valence-electron chi connectivity index (χ0n) is 55.5. The molecule has 0 radical (unpaired) electrons. The van der Waals surface area contributed by atoms with Gasteiger partial charge in [0.2, 0.25) is 16.8 Å². The van der Waals surface area contributed by atoms with Gasteiger partial charge in [0, 0.05) is 74.4 Å². The molecule has 10 heterocycles. The van der Waals surface area contributed by atoms with Crippen LogP contribution < -0.4 is 52.1 Å². The Morgan fingerprint density at radius 2 is 1.06 bits per heavy atom. The molecule has 0 spiro atoms. The second-order valence-corrected chi connectivity index (χ2v) is 30.3. The number of thioether (sulfide) groups is 3. The molecule has 1 saturated heterocycles. The van der Waals surface area contributed by atoms with Crippen LogP contribution in [-0.2, 0) is 89.9 Å². The number of carbonyl (C=O) groups is 12. The van der Waals surface area contributed by atoms with Crippen LogP contribution in [0.15, 0.2) is 127 Å². The molecule has 5 aromatic heterocycles. The SMILES string of the molecule is CC(C)(O/N=C(\C(=O)N[C@H](C(=O)Nc1nc(/C(=N/OC(C)(C)C(=O)O)C(=O)N[C@H](C(=O)Nc2nc(/C(=N/OC(C)(C)C(=O)O)C(=O)N[C@@H]3C(=O)N4C(C(=O)O)=C(C[n+]5ccccc5)CS[C@H]34)cs2)[C@@H]2NC3=C(COC3=O)CS2)cs1)[C@@H]1NC(C(=O)O)=C(C[n+]2ccccc2)CS1)c1csc(N)n1)C(=O)O. The molecule has 44 heteroatoms. The van der Waals surface area contributed by atoms with Crippen LogP contribution in [-0.4, -0.2) is 209 Å². The number of carbonyl (C=O) groups excluding carboxylic acids is 7. The van der Waals surface area contributed by atoms with Crippen molar-refractivity contribution >= 4 is 173 Å². The summed E-state index contributed by atoms with van der Waals surface area (Å²) in [6, 6.07) is 5.49. The van der Waals surface area contributed by atoms with Gasteiger partial charge in [0.1, 0.15) is 75.0 Å². The number of aromatic nitrogens is 5. The van der Waals surface area contributed by atoms with Crippen LogP contribution in [0.3, 0.4) is 0 Å². The van der Waals surface area contributed by atoms with Crippen molar-refractivity contribution in [1.29, 1.82) is 0 Å². The first-order valence-electron chi connectivity index (χ1n) is 30.7. The molecule has 6 atom stereocenters. The lowest BCUT2D eigenvalue weighted by Gasteiger charge is -2.49. The number of esters is 1. The number of thiazole rings is 3. The largest absolute Gasteiger partial charge is 0.478 e. The first kappa shape index (κ1) is 76.5. The fraction of sp³-hybridized carbons (Fsp3) is 0.344. The molecular weight excluding hydrogens is 1500 g/mol. The van der Waals surface area contributed by atoms with Crippen LogP contribution >= 0.6 is 69.3 Å². The number of hydrogen-bond acceptors (Lipinski definition) is 31. The van der Waals surface area contributed by atoms with E-state index in [0.29, 0.717) is 39.4 Å². The number of pyridine rings is 2. The summed E-state index contributed by atoms with van der Waals surface area (Å²) in [5.41, 5.74) is -2.96. The Balaban J connectivity index is 0.934. The van der Waals surface area contributed by atoms with Crippen molar-refractivity contribution in [1.82, 2.24) is 46.4 Å². The van der Waals surface area contributed by atoms with Gasteiger partial charge in [-0.25, -0.2) is 52.9 Å². The fourth-order valence-corrected chi connectivity index (χ4v) is 15.4. The number of carboxylic acid groups (broad SMARTS) is 5. The van der Waals surface area contributed by atoms with Gasteiger partial charge in [-0.15, -0.1) is 69.3 Å². The molecule has 6 amide bonds. The summed E-state index contributed by atoms with van der Waals surface area (Å²) in [6.07, 6.45) is 6.84. The third-order valence-corrected chi connectivity index (χ3v) is 21.6. The van der Waals surface area contributed by atoms with Crippen molar-refractivity contribution in [2.24, 2.45) is 15.5 Å². The summed E-state index contributed by atoms with van der Waals surface area (Å²) in [4.78, 5) is 193. The molecule has 552 valence electrons. The van der Waals surface area contributed by atoms with E-state index < -0.39 is 145 Å². The lowest BCUT2D eigenvalue weighted by atomic mass is 10.0. The van der Waals surface area contributed by atoms with E-state index in [1.807, 2.05) is 0 Å². The normalized spacial score (nSPS) is 19.0. The highest BCUT2D eigenvalue weighted by Crippen LogP contribution is 2.41. The molecule has 5 aliphatic rings. The zero-order valence-corrected chi connectivity index (χ0v) is 60.4. The lowest BCUT2D eigenvalue weighted by molar-refractivity contribution is -0.689. The summed E-state index contributed by atoms with van der Waals surface area (Å²) in [7, 11) is 0.